The molecule has 0 saturated carbocycles. The second kappa shape index (κ2) is 9.23. The van der Waals surface area contributed by atoms with E-state index < -0.39 is 5.97 Å². The van der Waals surface area contributed by atoms with Crippen LogP contribution in [-0.4, -0.2) is 29.9 Å². The Morgan fingerprint density at radius 3 is 2.04 bits per heavy atom. The zero-order chi connectivity index (χ0) is 18.2. The SMILES string of the molecule is CCCO[C@H](C)C[C@H](C)Oc1ccc(-c2ccc(C(=O)O)cc2)cc1. The van der Waals surface area contributed by atoms with Gasteiger partial charge < -0.3 is 14.6 Å². The van der Waals surface area contributed by atoms with Gasteiger partial charge in [0.25, 0.3) is 0 Å². The highest BCUT2D eigenvalue weighted by molar-refractivity contribution is 5.88. The first kappa shape index (κ1) is 19.0. The zero-order valence-electron chi connectivity index (χ0n) is 15.1. The minimum absolute atomic E-state index is 0.0764. The molecule has 0 amide bonds. The Labute approximate surface area is 149 Å². The summed E-state index contributed by atoms with van der Waals surface area (Å²) in [5.74, 6) is -0.0949. The molecule has 1 N–H and O–H groups in total. The second-order valence-corrected chi connectivity index (χ2v) is 6.25. The Hall–Kier alpha value is -2.33. The molecule has 25 heavy (non-hydrogen) atoms. The van der Waals surface area contributed by atoms with Crippen molar-refractivity contribution in [1.82, 2.24) is 0 Å². The number of hydrogen-bond donors (Lipinski definition) is 1. The largest absolute Gasteiger partial charge is 0.491 e. The quantitative estimate of drug-likeness (QED) is 0.695. The van der Waals surface area contributed by atoms with Crippen molar-refractivity contribution >= 4 is 5.97 Å². The van der Waals surface area contributed by atoms with E-state index in [0.717, 1.165) is 36.3 Å². The van der Waals surface area contributed by atoms with Gasteiger partial charge in [0, 0.05) is 13.0 Å². The average Bonchev–Trinajstić information content (AvgIpc) is 2.60. The van der Waals surface area contributed by atoms with Crippen molar-refractivity contribution in [2.75, 3.05) is 6.61 Å². The third-order valence-corrected chi connectivity index (χ3v) is 3.93. The first-order valence-corrected chi connectivity index (χ1v) is 8.71. The van der Waals surface area contributed by atoms with Crippen LogP contribution in [0.4, 0.5) is 0 Å². The Morgan fingerprint density at radius 2 is 1.52 bits per heavy atom. The molecule has 0 radical (unpaired) electrons. The van der Waals surface area contributed by atoms with Crippen LogP contribution in [0.5, 0.6) is 5.75 Å². The highest BCUT2D eigenvalue weighted by Crippen LogP contribution is 2.24. The van der Waals surface area contributed by atoms with Crippen LogP contribution in [0.3, 0.4) is 0 Å². The molecule has 134 valence electrons. The number of rotatable bonds is 9. The Balaban J connectivity index is 1.94. The summed E-state index contributed by atoms with van der Waals surface area (Å²) in [7, 11) is 0. The lowest BCUT2D eigenvalue weighted by Gasteiger charge is -2.19. The average molecular weight is 342 g/mol. The summed E-state index contributed by atoms with van der Waals surface area (Å²) in [5.41, 5.74) is 2.29. The third-order valence-electron chi connectivity index (χ3n) is 3.93. The van der Waals surface area contributed by atoms with Crippen LogP contribution >= 0.6 is 0 Å². The fraction of sp³-hybridized carbons (Fsp3) is 0.381. The van der Waals surface area contributed by atoms with Crippen molar-refractivity contribution in [1.29, 1.82) is 0 Å². The summed E-state index contributed by atoms with van der Waals surface area (Å²) in [6.45, 7) is 7.00. The van der Waals surface area contributed by atoms with Crippen LogP contribution in [0.15, 0.2) is 48.5 Å². The fourth-order valence-electron chi connectivity index (χ4n) is 2.67. The first-order valence-electron chi connectivity index (χ1n) is 8.71. The monoisotopic (exact) mass is 342 g/mol. The van der Waals surface area contributed by atoms with Crippen molar-refractivity contribution in [3.05, 3.63) is 54.1 Å². The summed E-state index contributed by atoms with van der Waals surface area (Å²) in [6, 6.07) is 14.7. The van der Waals surface area contributed by atoms with E-state index in [4.69, 9.17) is 14.6 Å². The lowest BCUT2D eigenvalue weighted by molar-refractivity contribution is 0.0351. The molecule has 0 aliphatic heterocycles. The lowest BCUT2D eigenvalue weighted by atomic mass is 10.0. The molecule has 0 aromatic heterocycles. The van der Waals surface area contributed by atoms with Gasteiger partial charge in [0.1, 0.15) is 5.75 Å². The predicted molar refractivity (Wildman–Crippen MR) is 99.2 cm³/mol. The van der Waals surface area contributed by atoms with E-state index in [1.165, 1.54) is 0 Å². The maximum Gasteiger partial charge on any atom is 0.335 e. The Kier molecular flexibility index (Phi) is 7.02. The summed E-state index contributed by atoms with van der Waals surface area (Å²) >= 11 is 0. The van der Waals surface area contributed by atoms with E-state index in [9.17, 15) is 4.79 Å². The molecule has 0 aliphatic rings. The molecule has 0 heterocycles. The highest BCUT2D eigenvalue weighted by atomic mass is 16.5. The fourth-order valence-corrected chi connectivity index (χ4v) is 2.67. The summed E-state index contributed by atoms with van der Waals surface area (Å²) in [6.07, 6.45) is 2.13. The van der Waals surface area contributed by atoms with Crippen LogP contribution in [0.1, 0.15) is 44.0 Å². The van der Waals surface area contributed by atoms with Gasteiger partial charge in [-0.2, -0.15) is 0 Å². The zero-order valence-corrected chi connectivity index (χ0v) is 15.1. The van der Waals surface area contributed by atoms with Gasteiger partial charge in [-0.05, 0) is 55.7 Å². The van der Waals surface area contributed by atoms with Gasteiger partial charge in [-0.1, -0.05) is 31.2 Å². The van der Waals surface area contributed by atoms with E-state index in [1.54, 1.807) is 12.1 Å². The highest BCUT2D eigenvalue weighted by Gasteiger charge is 2.11. The van der Waals surface area contributed by atoms with Gasteiger partial charge in [-0.3, -0.25) is 0 Å². The maximum atomic E-state index is 10.9. The van der Waals surface area contributed by atoms with E-state index in [0.29, 0.717) is 0 Å². The van der Waals surface area contributed by atoms with Gasteiger partial charge >= 0.3 is 5.97 Å². The first-order chi connectivity index (χ1) is 12.0. The molecule has 0 bridgehead atoms. The molecule has 2 aromatic rings. The topological polar surface area (TPSA) is 55.8 Å². The number of hydrogen-bond acceptors (Lipinski definition) is 3. The predicted octanol–water partition coefficient (Wildman–Crippen LogP) is 5.02. The van der Waals surface area contributed by atoms with E-state index >= 15 is 0 Å². The van der Waals surface area contributed by atoms with E-state index in [-0.39, 0.29) is 17.8 Å². The number of benzene rings is 2. The number of carboxylic acids is 1. The smallest absolute Gasteiger partial charge is 0.335 e. The van der Waals surface area contributed by atoms with Gasteiger partial charge in [-0.25, -0.2) is 4.79 Å². The van der Waals surface area contributed by atoms with Crippen molar-refractivity contribution in [2.24, 2.45) is 0 Å². The van der Waals surface area contributed by atoms with E-state index in [2.05, 4.69) is 13.8 Å². The molecule has 2 aromatic carbocycles. The standard InChI is InChI=1S/C21H26O4/c1-4-13-24-15(2)14-16(3)25-20-11-9-18(10-12-20)17-5-7-19(8-6-17)21(22)23/h5-12,15-16H,4,13-14H2,1-3H3,(H,22,23)/t15-,16+/m1/s1. The molecule has 4 heteroatoms. The van der Waals surface area contributed by atoms with Crippen molar-refractivity contribution in [3.63, 3.8) is 0 Å². The molecule has 0 fully saturated rings. The third kappa shape index (κ3) is 5.91. The number of carbonyl (C=O) groups is 1. The number of carboxylic acid groups (broad SMARTS) is 1. The molecule has 0 spiro atoms. The van der Waals surface area contributed by atoms with Gasteiger partial charge in [-0.15, -0.1) is 0 Å². The minimum Gasteiger partial charge on any atom is -0.491 e. The van der Waals surface area contributed by atoms with Gasteiger partial charge in [0.15, 0.2) is 0 Å². The minimum atomic E-state index is -0.915. The normalized spacial score (nSPS) is 13.2. The van der Waals surface area contributed by atoms with Crippen molar-refractivity contribution < 1.29 is 19.4 Å². The van der Waals surface area contributed by atoms with Crippen molar-refractivity contribution in [3.8, 4) is 16.9 Å². The van der Waals surface area contributed by atoms with Crippen LogP contribution < -0.4 is 4.74 Å². The van der Waals surface area contributed by atoms with Crippen LogP contribution in [0.25, 0.3) is 11.1 Å². The summed E-state index contributed by atoms with van der Waals surface area (Å²) < 4.78 is 11.6. The van der Waals surface area contributed by atoms with Crippen LogP contribution in [-0.2, 0) is 4.74 Å². The lowest BCUT2D eigenvalue weighted by Crippen LogP contribution is -2.21. The Bertz CT molecular complexity index is 661. The summed E-state index contributed by atoms with van der Waals surface area (Å²) in [4.78, 5) is 10.9. The molecular formula is C21H26O4. The molecular weight excluding hydrogens is 316 g/mol. The van der Waals surface area contributed by atoms with Gasteiger partial charge in [0.05, 0.1) is 17.8 Å². The summed E-state index contributed by atoms with van der Waals surface area (Å²) in [5, 5.41) is 8.95. The van der Waals surface area contributed by atoms with Crippen LogP contribution in [0.2, 0.25) is 0 Å². The Morgan fingerprint density at radius 1 is 0.960 bits per heavy atom. The molecule has 4 nitrogen and oxygen atoms in total. The van der Waals surface area contributed by atoms with E-state index in [1.807, 2.05) is 43.3 Å². The second-order valence-electron chi connectivity index (χ2n) is 6.25. The number of ether oxygens (including phenoxy) is 2. The molecule has 2 atom stereocenters. The molecule has 0 aliphatic carbocycles. The maximum absolute atomic E-state index is 10.9. The molecule has 2 rings (SSSR count). The van der Waals surface area contributed by atoms with Crippen LogP contribution in [0, 0.1) is 0 Å². The van der Waals surface area contributed by atoms with Gasteiger partial charge in [0.2, 0.25) is 0 Å². The number of aromatic carboxylic acids is 1. The van der Waals surface area contributed by atoms with Crippen molar-refractivity contribution in [2.45, 2.75) is 45.8 Å². The molecule has 0 unspecified atom stereocenters. The molecule has 0 saturated heterocycles.